The van der Waals surface area contributed by atoms with E-state index in [2.05, 4.69) is 21.8 Å². The zero-order valence-electron chi connectivity index (χ0n) is 11.2. The predicted octanol–water partition coefficient (Wildman–Crippen LogP) is 3.18. The number of nitrogens with two attached hydrogens (primary N) is 1. The molecule has 0 spiro atoms. The van der Waals surface area contributed by atoms with Crippen molar-refractivity contribution in [3.05, 3.63) is 52.5 Å². The number of ether oxygens (including phenoxy) is 1. The van der Waals surface area contributed by atoms with Gasteiger partial charge in [0.05, 0.1) is 6.10 Å². The highest BCUT2D eigenvalue weighted by Crippen LogP contribution is 2.23. The van der Waals surface area contributed by atoms with Gasteiger partial charge in [-0.2, -0.15) is 11.3 Å². The molecule has 0 amide bonds. The Hall–Kier alpha value is -1.23. The van der Waals surface area contributed by atoms with Crippen molar-refractivity contribution in [3.8, 4) is 0 Å². The van der Waals surface area contributed by atoms with Crippen LogP contribution in [0.15, 0.2) is 41.4 Å². The lowest BCUT2D eigenvalue weighted by molar-refractivity contribution is 0.0372. The molecular formula is C15H20N2OS. The SMILES string of the molecule is CC(N)C(OCCCc1ccncc1)c1ccsc1. The third kappa shape index (κ3) is 4.42. The summed E-state index contributed by atoms with van der Waals surface area (Å²) in [6.07, 6.45) is 5.66. The fraction of sp³-hybridized carbons (Fsp3) is 0.400. The standard InChI is InChI=1S/C15H20N2OS/c1-12(16)15(14-6-10-19-11-14)18-9-2-3-13-4-7-17-8-5-13/h4-8,10-12,15H,2-3,9,16H2,1H3. The van der Waals surface area contributed by atoms with E-state index in [1.54, 1.807) is 11.3 Å². The maximum Gasteiger partial charge on any atom is 0.0980 e. The van der Waals surface area contributed by atoms with E-state index in [4.69, 9.17) is 10.5 Å². The van der Waals surface area contributed by atoms with Crippen LogP contribution in [-0.4, -0.2) is 17.6 Å². The molecule has 2 aromatic rings. The number of nitrogens with zero attached hydrogens (tertiary/aromatic N) is 1. The minimum absolute atomic E-state index is 0.00342. The van der Waals surface area contributed by atoms with Crippen molar-refractivity contribution in [1.29, 1.82) is 0 Å². The minimum Gasteiger partial charge on any atom is -0.372 e. The van der Waals surface area contributed by atoms with Crippen LogP contribution < -0.4 is 5.73 Å². The van der Waals surface area contributed by atoms with Crippen LogP contribution in [0, 0.1) is 0 Å². The van der Waals surface area contributed by atoms with Crippen molar-refractivity contribution in [2.24, 2.45) is 5.73 Å². The van der Waals surface area contributed by atoms with Gasteiger partial charge in [-0.05, 0) is 59.9 Å². The number of pyridine rings is 1. The fourth-order valence-corrected chi connectivity index (χ4v) is 2.71. The minimum atomic E-state index is 0.00342. The molecule has 0 fully saturated rings. The Balaban J connectivity index is 1.77. The van der Waals surface area contributed by atoms with Crippen molar-refractivity contribution in [3.63, 3.8) is 0 Å². The molecule has 2 N–H and O–H groups in total. The first-order valence-electron chi connectivity index (χ1n) is 6.55. The van der Waals surface area contributed by atoms with Crippen LogP contribution in [0.25, 0.3) is 0 Å². The van der Waals surface area contributed by atoms with E-state index < -0.39 is 0 Å². The number of aromatic nitrogens is 1. The predicted molar refractivity (Wildman–Crippen MR) is 79.2 cm³/mol. The van der Waals surface area contributed by atoms with E-state index in [0.717, 1.165) is 19.4 Å². The Labute approximate surface area is 118 Å². The van der Waals surface area contributed by atoms with Crippen LogP contribution in [0.1, 0.15) is 30.6 Å². The van der Waals surface area contributed by atoms with Gasteiger partial charge < -0.3 is 10.5 Å². The second kappa shape index (κ2) is 7.38. The molecule has 0 aromatic carbocycles. The normalized spacial score (nSPS) is 14.2. The molecule has 2 rings (SSSR count). The van der Waals surface area contributed by atoms with E-state index >= 15 is 0 Å². The van der Waals surface area contributed by atoms with Crippen molar-refractivity contribution in [2.75, 3.05) is 6.61 Å². The van der Waals surface area contributed by atoms with Gasteiger partial charge in [-0.1, -0.05) is 0 Å². The van der Waals surface area contributed by atoms with Gasteiger partial charge in [0, 0.05) is 25.0 Å². The molecule has 2 aromatic heterocycles. The van der Waals surface area contributed by atoms with E-state index in [1.165, 1.54) is 11.1 Å². The molecule has 2 unspecified atom stereocenters. The Morgan fingerprint density at radius 3 is 2.74 bits per heavy atom. The summed E-state index contributed by atoms with van der Waals surface area (Å²) in [5.74, 6) is 0. The second-order valence-corrected chi connectivity index (χ2v) is 5.45. The molecule has 4 heteroatoms. The lowest BCUT2D eigenvalue weighted by atomic mass is 10.1. The van der Waals surface area contributed by atoms with E-state index in [-0.39, 0.29) is 12.1 Å². The third-order valence-electron chi connectivity index (χ3n) is 3.01. The highest BCUT2D eigenvalue weighted by atomic mass is 32.1. The van der Waals surface area contributed by atoms with Crippen LogP contribution in [0.3, 0.4) is 0 Å². The number of hydrogen-bond acceptors (Lipinski definition) is 4. The number of aryl methyl sites for hydroxylation is 1. The molecule has 0 aliphatic heterocycles. The molecule has 0 saturated carbocycles. The highest BCUT2D eigenvalue weighted by molar-refractivity contribution is 7.07. The summed E-state index contributed by atoms with van der Waals surface area (Å²) in [4.78, 5) is 4.01. The summed E-state index contributed by atoms with van der Waals surface area (Å²) in [7, 11) is 0. The topological polar surface area (TPSA) is 48.1 Å². The fourth-order valence-electron chi connectivity index (χ4n) is 2.02. The van der Waals surface area contributed by atoms with Crippen LogP contribution in [0.4, 0.5) is 0 Å². The van der Waals surface area contributed by atoms with Gasteiger partial charge in [-0.15, -0.1) is 0 Å². The Kier molecular flexibility index (Phi) is 5.51. The first-order chi connectivity index (χ1) is 9.27. The molecule has 3 nitrogen and oxygen atoms in total. The number of thiophene rings is 1. The molecule has 0 aliphatic carbocycles. The Morgan fingerprint density at radius 1 is 1.32 bits per heavy atom. The molecule has 0 aliphatic rings. The quantitative estimate of drug-likeness (QED) is 0.790. The first kappa shape index (κ1) is 14.2. The maximum atomic E-state index is 5.99. The van der Waals surface area contributed by atoms with Gasteiger partial charge >= 0.3 is 0 Å². The lowest BCUT2D eigenvalue weighted by Crippen LogP contribution is -2.27. The van der Waals surface area contributed by atoms with E-state index in [0.29, 0.717) is 0 Å². The summed E-state index contributed by atoms with van der Waals surface area (Å²) in [5.41, 5.74) is 8.47. The maximum absolute atomic E-state index is 5.99. The molecule has 0 saturated heterocycles. The molecule has 19 heavy (non-hydrogen) atoms. The van der Waals surface area contributed by atoms with Gasteiger partial charge in [0.1, 0.15) is 0 Å². The van der Waals surface area contributed by atoms with Crippen molar-refractivity contribution in [1.82, 2.24) is 4.98 Å². The summed E-state index contributed by atoms with van der Waals surface area (Å²) in [5, 5.41) is 4.17. The summed E-state index contributed by atoms with van der Waals surface area (Å²) >= 11 is 1.68. The van der Waals surface area contributed by atoms with Crippen LogP contribution >= 0.6 is 11.3 Å². The average molecular weight is 276 g/mol. The van der Waals surface area contributed by atoms with Crippen LogP contribution in [-0.2, 0) is 11.2 Å². The summed E-state index contributed by atoms with van der Waals surface area (Å²) < 4.78 is 5.94. The Bertz CT molecular complexity index is 456. The Morgan fingerprint density at radius 2 is 2.11 bits per heavy atom. The van der Waals surface area contributed by atoms with Crippen molar-refractivity contribution < 1.29 is 4.74 Å². The average Bonchev–Trinajstić information content (AvgIpc) is 2.93. The molecule has 2 heterocycles. The largest absolute Gasteiger partial charge is 0.372 e. The molecular weight excluding hydrogens is 256 g/mol. The van der Waals surface area contributed by atoms with Crippen molar-refractivity contribution in [2.45, 2.75) is 31.9 Å². The molecule has 102 valence electrons. The molecule has 0 radical (unpaired) electrons. The van der Waals surface area contributed by atoms with Gasteiger partial charge in [0.15, 0.2) is 0 Å². The summed E-state index contributed by atoms with van der Waals surface area (Å²) in [6, 6.07) is 6.18. The van der Waals surface area contributed by atoms with E-state index in [9.17, 15) is 0 Å². The van der Waals surface area contributed by atoms with Crippen molar-refractivity contribution >= 4 is 11.3 Å². The van der Waals surface area contributed by atoms with Gasteiger partial charge in [-0.3, -0.25) is 4.98 Å². The van der Waals surface area contributed by atoms with Crippen LogP contribution in [0.5, 0.6) is 0 Å². The first-order valence-corrected chi connectivity index (χ1v) is 7.50. The smallest absolute Gasteiger partial charge is 0.0980 e. The molecule has 2 atom stereocenters. The third-order valence-corrected chi connectivity index (χ3v) is 3.71. The highest BCUT2D eigenvalue weighted by Gasteiger charge is 2.16. The lowest BCUT2D eigenvalue weighted by Gasteiger charge is -2.20. The number of rotatable bonds is 7. The monoisotopic (exact) mass is 276 g/mol. The van der Waals surface area contributed by atoms with Gasteiger partial charge in [-0.25, -0.2) is 0 Å². The number of hydrogen-bond donors (Lipinski definition) is 1. The van der Waals surface area contributed by atoms with E-state index in [1.807, 2.05) is 31.5 Å². The zero-order chi connectivity index (χ0) is 13.5. The van der Waals surface area contributed by atoms with Gasteiger partial charge in [0.25, 0.3) is 0 Å². The zero-order valence-corrected chi connectivity index (χ0v) is 12.0. The summed E-state index contributed by atoms with van der Waals surface area (Å²) in [6.45, 7) is 2.72. The second-order valence-electron chi connectivity index (χ2n) is 4.67. The van der Waals surface area contributed by atoms with Gasteiger partial charge in [0.2, 0.25) is 0 Å². The van der Waals surface area contributed by atoms with Crippen LogP contribution in [0.2, 0.25) is 0 Å². The molecule has 0 bridgehead atoms.